The van der Waals surface area contributed by atoms with Crippen LogP contribution in [0.1, 0.15) is 29.9 Å². The third-order valence-corrected chi connectivity index (χ3v) is 4.71. The van der Waals surface area contributed by atoms with Crippen LogP contribution in [-0.4, -0.2) is 30.5 Å². The highest BCUT2D eigenvalue weighted by molar-refractivity contribution is 6.63. The Hall–Kier alpha value is -2.58. The van der Waals surface area contributed by atoms with E-state index in [-0.39, 0.29) is 16.7 Å². The van der Waals surface area contributed by atoms with E-state index in [1.54, 1.807) is 28.8 Å². The van der Waals surface area contributed by atoms with Gasteiger partial charge in [0, 0.05) is 41.4 Å². The number of hydrogen-bond acceptors (Lipinski definition) is 3. The van der Waals surface area contributed by atoms with E-state index in [4.69, 9.17) is 9.31 Å². The molecule has 3 heterocycles. The molecule has 8 heteroatoms. The summed E-state index contributed by atoms with van der Waals surface area (Å²) < 4.78 is 53.5. The molecule has 144 valence electrons. The lowest BCUT2D eigenvalue weighted by molar-refractivity contribution is 0.0344. The maximum atomic E-state index is 13.5. The van der Waals surface area contributed by atoms with Crippen LogP contribution in [0.15, 0.2) is 42.6 Å². The minimum atomic E-state index is -1.60. The van der Waals surface area contributed by atoms with E-state index in [0.29, 0.717) is 30.9 Å². The molecule has 1 aromatic carbocycles. The number of halogens is 3. The lowest BCUT2D eigenvalue weighted by Crippen LogP contribution is -2.47. The minimum absolute atomic E-state index is 0.0819. The molecule has 1 saturated heterocycles. The monoisotopic (exact) mass is 387 g/mol. The quantitative estimate of drug-likeness (QED) is 0.393. The second kappa shape index (κ2) is 6.79. The van der Waals surface area contributed by atoms with Crippen LogP contribution in [0.2, 0.25) is 0 Å². The van der Waals surface area contributed by atoms with Gasteiger partial charge in [-0.3, -0.25) is 4.79 Å². The third kappa shape index (κ3) is 3.23. The van der Waals surface area contributed by atoms with Crippen molar-refractivity contribution in [2.75, 3.05) is 13.2 Å². The molecule has 0 aliphatic carbocycles. The first kappa shape index (κ1) is 18.8. The van der Waals surface area contributed by atoms with E-state index in [9.17, 15) is 18.0 Å². The summed E-state index contributed by atoms with van der Waals surface area (Å²) in [4.78, 5) is 12.8. The number of rotatable bonds is 3. The van der Waals surface area contributed by atoms with Gasteiger partial charge in [0.1, 0.15) is 0 Å². The fourth-order valence-electron chi connectivity index (χ4n) is 3.25. The molecule has 28 heavy (non-hydrogen) atoms. The Bertz CT molecular complexity index is 1050. The van der Waals surface area contributed by atoms with Crippen LogP contribution in [0.3, 0.4) is 0 Å². The molecular formula is C20H17BF3NO3. The first-order chi connectivity index (χ1) is 13.3. The normalized spacial score (nSPS) is 16.5. The van der Waals surface area contributed by atoms with Crippen molar-refractivity contribution in [1.29, 1.82) is 0 Å². The predicted molar refractivity (Wildman–Crippen MR) is 98.2 cm³/mol. The standard InChI is InChI=1S/C20H17BF3NO3/c1-20(2)10-27-21(28-11-20)13-4-3-7-25-16(13)5-6-17(25)19(26)12-8-14(22)18(24)15(23)9-12/h3-9H,10-11H2,1-2H3. The number of fused-ring (bicyclic) bond motifs is 1. The highest BCUT2D eigenvalue weighted by Gasteiger charge is 2.34. The summed E-state index contributed by atoms with van der Waals surface area (Å²) in [5.41, 5.74) is 1.26. The Kier molecular flexibility index (Phi) is 4.55. The minimum Gasteiger partial charge on any atom is -0.407 e. The Morgan fingerprint density at radius 1 is 1.07 bits per heavy atom. The number of aromatic nitrogens is 1. The van der Waals surface area contributed by atoms with E-state index in [1.165, 1.54) is 0 Å². The first-order valence-corrected chi connectivity index (χ1v) is 8.79. The summed E-state index contributed by atoms with van der Waals surface area (Å²) in [5, 5.41) is 0. The van der Waals surface area contributed by atoms with Gasteiger partial charge in [0.05, 0.1) is 5.69 Å². The zero-order chi connectivity index (χ0) is 20.1. The van der Waals surface area contributed by atoms with Crippen molar-refractivity contribution < 1.29 is 27.3 Å². The van der Waals surface area contributed by atoms with Crippen molar-refractivity contribution in [2.45, 2.75) is 13.8 Å². The Morgan fingerprint density at radius 2 is 1.71 bits per heavy atom. The second-order valence-electron chi connectivity index (χ2n) is 7.64. The van der Waals surface area contributed by atoms with Gasteiger partial charge in [0.15, 0.2) is 17.5 Å². The summed E-state index contributed by atoms with van der Waals surface area (Å²) in [6.45, 7) is 5.14. The summed E-state index contributed by atoms with van der Waals surface area (Å²) in [6.07, 6.45) is 1.66. The van der Waals surface area contributed by atoms with Crippen molar-refractivity contribution >= 4 is 23.9 Å². The van der Waals surface area contributed by atoms with Crippen LogP contribution in [0, 0.1) is 22.9 Å². The van der Waals surface area contributed by atoms with Crippen molar-refractivity contribution in [1.82, 2.24) is 4.40 Å². The summed E-state index contributed by atoms with van der Waals surface area (Å²) >= 11 is 0. The molecule has 0 amide bonds. The smallest absolute Gasteiger partial charge is 0.407 e. The van der Waals surface area contributed by atoms with Gasteiger partial charge in [0.25, 0.3) is 0 Å². The fourth-order valence-corrected chi connectivity index (χ4v) is 3.25. The summed E-state index contributed by atoms with van der Waals surface area (Å²) in [6, 6.07) is 8.22. The third-order valence-electron chi connectivity index (χ3n) is 4.71. The molecule has 1 aliphatic heterocycles. The number of ketones is 1. The molecule has 1 fully saturated rings. The van der Waals surface area contributed by atoms with Crippen molar-refractivity contribution in [2.24, 2.45) is 5.41 Å². The molecule has 3 aromatic rings. The molecular weight excluding hydrogens is 370 g/mol. The molecule has 0 atom stereocenters. The number of carbonyl (C=O) groups excluding carboxylic acids is 1. The topological polar surface area (TPSA) is 39.9 Å². The molecule has 0 spiro atoms. The van der Waals surface area contributed by atoms with Gasteiger partial charge in [-0.15, -0.1) is 0 Å². The van der Waals surface area contributed by atoms with Crippen LogP contribution >= 0.6 is 0 Å². The van der Waals surface area contributed by atoms with Gasteiger partial charge >= 0.3 is 7.12 Å². The summed E-state index contributed by atoms with van der Waals surface area (Å²) in [5.74, 6) is -5.04. The van der Waals surface area contributed by atoms with Gasteiger partial charge in [-0.1, -0.05) is 19.9 Å². The average molecular weight is 387 g/mol. The molecule has 1 aliphatic rings. The Balaban J connectivity index is 1.72. The number of carbonyl (C=O) groups is 1. The molecule has 4 nitrogen and oxygen atoms in total. The van der Waals surface area contributed by atoms with Crippen LogP contribution in [0.4, 0.5) is 13.2 Å². The van der Waals surface area contributed by atoms with Crippen LogP contribution in [-0.2, 0) is 9.31 Å². The molecule has 0 N–H and O–H groups in total. The Labute approximate surface area is 160 Å². The number of nitrogens with zero attached hydrogens (tertiary/aromatic N) is 1. The van der Waals surface area contributed by atoms with Crippen LogP contribution in [0.5, 0.6) is 0 Å². The highest BCUT2D eigenvalue weighted by atomic mass is 19.2. The molecule has 0 unspecified atom stereocenters. The van der Waals surface area contributed by atoms with E-state index < -0.39 is 30.4 Å². The average Bonchev–Trinajstić information content (AvgIpc) is 3.09. The van der Waals surface area contributed by atoms with Crippen molar-refractivity contribution in [3.8, 4) is 0 Å². The lowest BCUT2D eigenvalue weighted by Gasteiger charge is -2.33. The van der Waals surface area contributed by atoms with Gasteiger partial charge in [0.2, 0.25) is 5.78 Å². The van der Waals surface area contributed by atoms with E-state index in [1.807, 2.05) is 19.9 Å². The van der Waals surface area contributed by atoms with Gasteiger partial charge in [-0.25, -0.2) is 13.2 Å². The number of benzene rings is 1. The van der Waals surface area contributed by atoms with E-state index in [2.05, 4.69) is 0 Å². The van der Waals surface area contributed by atoms with Gasteiger partial charge in [-0.05, 0) is 30.3 Å². The van der Waals surface area contributed by atoms with Crippen LogP contribution in [0.25, 0.3) is 5.52 Å². The molecule has 2 aromatic heterocycles. The van der Waals surface area contributed by atoms with Crippen LogP contribution < -0.4 is 5.46 Å². The maximum absolute atomic E-state index is 13.5. The number of hydrogen-bond donors (Lipinski definition) is 0. The van der Waals surface area contributed by atoms with Crippen molar-refractivity contribution in [3.05, 3.63) is 71.3 Å². The SMILES string of the molecule is CC1(C)COB(c2cccn3c(C(=O)c4cc(F)c(F)c(F)c4)ccc23)OC1. The van der Waals surface area contributed by atoms with Crippen molar-refractivity contribution in [3.63, 3.8) is 0 Å². The largest absolute Gasteiger partial charge is 0.496 e. The summed E-state index contributed by atoms with van der Waals surface area (Å²) in [7, 11) is -0.574. The number of pyridine rings is 1. The predicted octanol–water partition coefficient (Wildman–Crippen LogP) is 3.36. The maximum Gasteiger partial charge on any atom is 0.496 e. The van der Waals surface area contributed by atoms with Gasteiger partial charge in [-0.2, -0.15) is 0 Å². The molecule has 0 bridgehead atoms. The molecule has 4 rings (SSSR count). The van der Waals surface area contributed by atoms with E-state index in [0.717, 1.165) is 5.46 Å². The zero-order valence-electron chi connectivity index (χ0n) is 15.3. The highest BCUT2D eigenvalue weighted by Crippen LogP contribution is 2.23. The van der Waals surface area contributed by atoms with E-state index >= 15 is 0 Å². The lowest BCUT2D eigenvalue weighted by atomic mass is 9.75. The molecule has 0 radical (unpaired) electrons. The second-order valence-corrected chi connectivity index (χ2v) is 7.64. The zero-order valence-corrected chi connectivity index (χ0v) is 15.3. The first-order valence-electron chi connectivity index (χ1n) is 8.79. The van der Waals surface area contributed by atoms with Gasteiger partial charge < -0.3 is 13.7 Å². The molecule has 0 saturated carbocycles. The fraction of sp³-hybridized carbons (Fsp3) is 0.250. The Morgan fingerprint density at radius 3 is 2.36 bits per heavy atom.